The van der Waals surface area contributed by atoms with Crippen molar-refractivity contribution in [1.82, 2.24) is 5.32 Å². The van der Waals surface area contributed by atoms with Crippen LogP contribution in [0.4, 0.5) is 0 Å². The van der Waals surface area contributed by atoms with Gasteiger partial charge in [0.15, 0.2) is 0 Å². The van der Waals surface area contributed by atoms with E-state index in [-0.39, 0.29) is 23.9 Å². The Morgan fingerprint density at radius 2 is 2.47 bits per heavy atom. The van der Waals surface area contributed by atoms with Gasteiger partial charge in [0.1, 0.15) is 5.84 Å². The van der Waals surface area contributed by atoms with Crippen molar-refractivity contribution in [1.29, 1.82) is 0 Å². The highest BCUT2D eigenvalue weighted by molar-refractivity contribution is 5.82. The summed E-state index contributed by atoms with van der Waals surface area (Å²) >= 11 is 0. The summed E-state index contributed by atoms with van der Waals surface area (Å²) in [5, 5.41) is 14.2. The Hall–Kier alpha value is -1.30. The minimum atomic E-state index is -0.0835. The molecule has 1 aliphatic rings. The summed E-state index contributed by atoms with van der Waals surface area (Å²) < 4.78 is 5.39. The van der Waals surface area contributed by atoms with Crippen molar-refractivity contribution >= 4 is 11.7 Å². The van der Waals surface area contributed by atoms with Gasteiger partial charge in [-0.25, -0.2) is 0 Å². The molecule has 2 atom stereocenters. The van der Waals surface area contributed by atoms with Gasteiger partial charge in [0, 0.05) is 19.1 Å². The molecule has 98 valence electrons. The van der Waals surface area contributed by atoms with Crippen LogP contribution in [0, 0.1) is 0 Å². The molecule has 0 bridgehead atoms. The monoisotopic (exact) mass is 243 g/mol. The van der Waals surface area contributed by atoms with Crippen molar-refractivity contribution in [2.75, 3.05) is 6.61 Å². The summed E-state index contributed by atoms with van der Waals surface area (Å²) in [6, 6.07) is -0.0835. The molecule has 0 aromatic carbocycles. The molecule has 17 heavy (non-hydrogen) atoms. The van der Waals surface area contributed by atoms with Crippen LogP contribution in [0.15, 0.2) is 5.16 Å². The van der Waals surface area contributed by atoms with Gasteiger partial charge in [-0.05, 0) is 19.3 Å². The topological polar surface area (TPSA) is 96.9 Å². The third kappa shape index (κ3) is 5.04. The highest BCUT2D eigenvalue weighted by Crippen LogP contribution is 2.15. The zero-order chi connectivity index (χ0) is 12.7. The van der Waals surface area contributed by atoms with E-state index < -0.39 is 0 Å². The summed E-state index contributed by atoms with van der Waals surface area (Å²) in [5.41, 5.74) is 5.41. The van der Waals surface area contributed by atoms with E-state index in [2.05, 4.69) is 10.5 Å². The first-order chi connectivity index (χ1) is 8.15. The lowest BCUT2D eigenvalue weighted by Gasteiger charge is -2.17. The quantitative estimate of drug-likeness (QED) is 0.275. The largest absolute Gasteiger partial charge is 0.409 e. The molecule has 0 saturated carbocycles. The SMILES string of the molecule is CCC(CC(N)=NO)NC(=O)CC1CCCO1. The Bertz CT molecular complexity index is 275. The lowest BCUT2D eigenvalue weighted by Crippen LogP contribution is -2.38. The molecule has 0 radical (unpaired) electrons. The standard InChI is InChI=1S/C11H21N3O3/c1-2-8(6-10(12)14-16)13-11(15)7-9-4-3-5-17-9/h8-9,16H,2-7H2,1H3,(H2,12,14)(H,13,15). The van der Waals surface area contributed by atoms with E-state index in [0.717, 1.165) is 25.9 Å². The fraction of sp³-hybridized carbons (Fsp3) is 0.818. The Morgan fingerprint density at radius 1 is 1.71 bits per heavy atom. The molecule has 2 unspecified atom stereocenters. The Kier molecular flexibility index (Phi) is 5.76. The van der Waals surface area contributed by atoms with E-state index >= 15 is 0 Å². The number of hydrogen-bond acceptors (Lipinski definition) is 4. The van der Waals surface area contributed by atoms with Crippen LogP contribution in [-0.2, 0) is 9.53 Å². The van der Waals surface area contributed by atoms with Crippen LogP contribution in [0.3, 0.4) is 0 Å². The van der Waals surface area contributed by atoms with E-state index in [4.69, 9.17) is 15.7 Å². The molecule has 0 aromatic heterocycles. The average Bonchev–Trinajstić information content (AvgIpc) is 2.80. The van der Waals surface area contributed by atoms with Crippen molar-refractivity contribution in [2.24, 2.45) is 10.9 Å². The summed E-state index contributed by atoms with van der Waals surface area (Å²) in [5.74, 6) is 0.101. The molecule has 1 heterocycles. The van der Waals surface area contributed by atoms with Crippen molar-refractivity contribution in [3.05, 3.63) is 0 Å². The Labute approximate surface area is 101 Å². The minimum Gasteiger partial charge on any atom is -0.409 e. The molecule has 1 rings (SSSR count). The maximum Gasteiger partial charge on any atom is 0.222 e. The van der Waals surface area contributed by atoms with Crippen LogP contribution in [0.1, 0.15) is 39.0 Å². The van der Waals surface area contributed by atoms with Crippen LogP contribution in [0.25, 0.3) is 0 Å². The molecule has 0 aromatic rings. The fourth-order valence-electron chi connectivity index (χ4n) is 1.89. The highest BCUT2D eigenvalue weighted by atomic mass is 16.5. The molecule has 1 aliphatic heterocycles. The molecular weight excluding hydrogens is 222 g/mol. The number of carbonyl (C=O) groups excluding carboxylic acids is 1. The second-order valence-electron chi connectivity index (χ2n) is 4.31. The second-order valence-corrected chi connectivity index (χ2v) is 4.31. The molecule has 1 fully saturated rings. The normalized spacial score (nSPS) is 22.4. The van der Waals surface area contributed by atoms with Gasteiger partial charge in [-0.3, -0.25) is 4.79 Å². The van der Waals surface area contributed by atoms with Gasteiger partial charge in [-0.1, -0.05) is 12.1 Å². The second kappa shape index (κ2) is 7.11. The zero-order valence-electron chi connectivity index (χ0n) is 10.2. The molecule has 1 amide bonds. The number of nitrogens with one attached hydrogen (secondary N) is 1. The molecule has 6 heteroatoms. The summed E-state index contributed by atoms with van der Waals surface area (Å²) in [6.45, 7) is 2.70. The maximum absolute atomic E-state index is 11.7. The third-order valence-electron chi connectivity index (χ3n) is 2.88. The lowest BCUT2D eigenvalue weighted by atomic mass is 10.1. The number of nitrogens with zero attached hydrogens (tertiary/aromatic N) is 1. The van der Waals surface area contributed by atoms with Crippen LogP contribution in [0.5, 0.6) is 0 Å². The van der Waals surface area contributed by atoms with Crippen LogP contribution in [-0.4, -0.2) is 35.7 Å². The fourth-order valence-corrected chi connectivity index (χ4v) is 1.89. The number of nitrogens with two attached hydrogens (primary N) is 1. The smallest absolute Gasteiger partial charge is 0.222 e. The zero-order valence-corrected chi connectivity index (χ0v) is 10.2. The van der Waals surface area contributed by atoms with E-state index in [1.807, 2.05) is 6.92 Å². The summed E-state index contributed by atoms with van der Waals surface area (Å²) in [6.07, 6.45) is 3.53. The molecule has 0 spiro atoms. The van der Waals surface area contributed by atoms with Gasteiger partial charge in [0.25, 0.3) is 0 Å². The van der Waals surface area contributed by atoms with Crippen molar-refractivity contribution in [3.8, 4) is 0 Å². The molecule has 1 saturated heterocycles. The van der Waals surface area contributed by atoms with Crippen LogP contribution < -0.4 is 11.1 Å². The van der Waals surface area contributed by atoms with Crippen LogP contribution in [0.2, 0.25) is 0 Å². The maximum atomic E-state index is 11.7. The van der Waals surface area contributed by atoms with E-state index in [9.17, 15) is 4.79 Å². The first-order valence-electron chi connectivity index (χ1n) is 6.03. The van der Waals surface area contributed by atoms with Crippen molar-refractivity contribution in [3.63, 3.8) is 0 Å². The van der Waals surface area contributed by atoms with Crippen molar-refractivity contribution < 1.29 is 14.7 Å². The van der Waals surface area contributed by atoms with Gasteiger partial charge in [-0.2, -0.15) is 0 Å². The number of carbonyl (C=O) groups is 1. The van der Waals surface area contributed by atoms with Crippen molar-refractivity contribution in [2.45, 2.75) is 51.2 Å². The van der Waals surface area contributed by atoms with E-state index in [1.54, 1.807) is 0 Å². The first-order valence-corrected chi connectivity index (χ1v) is 6.03. The average molecular weight is 243 g/mol. The number of hydrogen-bond donors (Lipinski definition) is 3. The van der Waals surface area contributed by atoms with Gasteiger partial charge in [0.2, 0.25) is 5.91 Å². The summed E-state index contributed by atoms with van der Waals surface area (Å²) in [7, 11) is 0. The van der Waals surface area contributed by atoms with Gasteiger partial charge in [-0.15, -0.1) is 0 Å². The number of amidine groups is 1. The summed E-state index contributed by atoms with van der Waals surface area (Å²) in [4.78, 5) is 11.7. The number of ether oxygens (including phenoxy) is 1. The molecule has 6 nitrogen and oxygen atoms in total. The lowest BCUT2D eigenvalue weighted by molar-refractivity contribution is -0.123. The molecular formula is C11H21N3O3. The van der Waals surface area contributed by atoms with Crippen LogP contribution >= 0.6 is 0 Å². The van der Waals surface area contributed by atoms with Gasteiger partial charge < -0.3 is 21.0 Å². The van der Waals surface area contributed by atoms with Gasteiger partial charge in [0.05, 0.1) is 12.5 Å². The molecule has 0 aliphatic carbocycles. The molecule has 4 N–H and O–H groups in total. The van der Waals surface area contributed by atoms with Gasteiger partial charge >= 0.3 is 0 Å². The Morgan fingerprint density at radius 3 is 3.00 bits per heavy atom. The highest BCUT2D eigenvalue weighted by Gasteiger charge is 2.20. The predicted octanol–water partition coefficient (Wildman–Crippen LogP) is 0.587. The minimum absolute atomic E-state index is 0.0329. The van der Waals surface area contributed by atoms with E-state index in [1.165, 1.54) is 0 Å². The first kappa shape index (κ1) is 13.8. The number of oxime groups is 1. The Balaban J connectivity index is 2.31. The van der Waals surface area contributed by atoms with E-state index in [0.29, 0.717) is 12.8 Å². The number of amides is 1. The number of rotatable bonds is 6. The predicted molar refractivity (Wildman–Crippen MR) is 63.8 cm³/mol. The third-order valence-corrected chi connectivity index (χ3v) is 2.88.